The van der Waals surface area contributed by atoms with Crippen LogP contribution in [0, 0.1) is 0 Å². The molecule has 0 fully saturated rings. The first kappa shape index (κ1) is 17.2. The first-order chi connectivity index (χ1) is 11.7. The van der Waals surface area contributed by atoms with Gasteiger partial charge in [-0.15, -0.1) is 0 Å². The first-order valence-electron chi connectivity index (χ1n) is 7.87. The lowest BCUT2D eigenvalue weighted by Gasteiger charge is -1.97. The highest BCUT2D eigenvalue weighted by Crippen LogP contribution is 2.22. The maximum absolute atomic E-state index is 9.34. The van der Waals surface area contributed by atoms with Crippen molar-refractivity contribution in [2.24, 2.45) is 0 Å². The van der Waals surface area contributed by atoms with Gasteiger partial charge in [0.1, 0.15) is 11.6 Å². The molecule has 0 unspecified atom stereocenters. The van der Waals surface area contributed by atoms with Gasteiger partial charge in [0.25, 0.3) is 0 Å². The molecule has 0 saturated heterocycles. The summed E-state index contributed by atoms with van der Waals surface area (Å²) in [4.78, 5) is 8.10. The van der Waals surface area contributed by atoms with E-state index in [-0.39, 0.29) is 0 Å². The number of nitrogens with two attached hydrogens (primary N) is 1. The molecule has 0 saturated carbocycles. The van der Waals surface area contributed by atoms with Crippen LogP contribution in [0.4, 0.5) is 5.82 Å². The number of anilines is 1. The summed E-state index contributed by atoms with van der Waals surface area (Å²) in [5.74, 6) is 0.883. The van der Waals surface area contributed by atoms with Gasteiger partial charge in [-0.3, -0.25) is 4.98 Å². The summed E-state index contributed by atoms with van der Waals surface area (Å²) >= 11 is 0. The van der Waals surface area contributed by atoms with Crippen molar-refractivity contribution in [1.82, 2.24) is 9.97 Å². The molecule has 4 nitrogen and oxygen atoms in total. The van der Waals surface area contributed by atoms with Crippen molar-refractivity contribution in [2.45, 2.75) is 13.8 Å². The van der Waals surface area contributed by atoms with Crippen LogP contribution < -0.4 is 5.73 Å². The van der Waals surface area contributed by atoms with Crippen molar-refractivity contribution in [3.05, 3.63) is 73.1 Å². The third-order valence-corrected chi connectivity index (χ3v) is 3.28. The SMILES string of the molecule is CC.Nc1ccc2ccccc2n1.Oc1cccc2cnccc12. The van der Waals surface area contributed by atoms with E-state index in [1.54, 1.807) is 30.6 Å². The summed E-state index contributed by atoms with van der Waals surface area (Å²) in [5.41, 5.74) is 6.46. The fraction of sp³-hybridized carbons (Fsp3) is 0.100. The van der Waals surface area contributed by atoms with Gasteiger partial charge in [0.05, 0.1) is 5.52 Å². The standard InChI is InChI=1S/C9H8N2.C9H7NO.C2H6/c10-9-6-5-7-3-1-2-4-8(7)11-9;11-9-3-1-2-7-6-10-5-4-8(7)9;1-2/h1-6H,(H2,10,11);1-6,11H;1-2H3. The highest BCUT2D eigenvalue weighted by molar-refractivity contribution is 5.86. The minimum Gasteiger partial charge on any atom is -0.507 e. The van der Waals surface area contributed by atoms with Gasteiger partial charge < -0.3 is 10.8 Å². The number of nitrogen functional groups attached to an aromatic ring is 1. The van der Waals surface area contributed by atoms with E-state index in [9.17, 15) is 5.11 Å². The molecule has 0 atom stereocenters. The molecule has 0 aliphatic rings. The van der Waals surface area contributed by atoms with Crippen molar-refractivity contribution in [2.75, 3.05) is 5.73 Å². The summed E-state index contributed by atoms with van der Waals surface area (Å²) in [5, 5.41) is 12.3. The molecule has 0 amide bonds. The smallest absolute Gasteiger partial charge is 0.124 e. The number of hydrogen-bond acceptors (Lipinski definition) is 4. The summed E-state index contributed by atoms with van der Waals surface area (Å²) in [6.07, 6.45) is 3.40. The fourth-order valence-corrected chi connectivity index (χ4v) is 2.19. The summed E-state index contributed by atoms with van der Waals surface area (Å²) in [6.45, 7) is 4.00. The average Bonchev–Trinajstić information content (AvgIpc) is 2.64. The second-order valence-electron chi connectivity index (χ2n) is 4.80. The number of rotatable bonds is 0. The Morgan fingerprint density at radius 2 is 1.58 bits per heavy atom. The van der Waals surface area contributed by atoms with E-state index in [0.29, 0.717) is 11.6 Å². The van der Waals surface area contributed by atoms with Gasteiger partial charge in [-0.05, 0) is 30.3 Å². The fourth-order valence-electron chi connectivity index (χ4n) is 2.19. The number of phenols is 1. The Morgan fingerprint density at radius 1 is 0.833 bits per heavy atom. The number of hydrogen-bond donors (Lipinski definition) is 2. The van der Waals surface area contributed by atoms with Crippen molar-refractivity contribution in [3.8, 4) is 5.75 Å². The number of fused-ring (bicyclic) bond motifs is 2. The van der Waals surface area contributed by atoms with Crippen LogP contribution in [0.15, 0.2) is 73.1 Å². The molecule has 2 aromatic carbocycles. The van der Waals surface area contributed by atoms with Crippen LogP contribution in [-0.4, -0.2) is 15.1 Å². The van der Waals surface area contributed by atoms with Crippen molar-refractivity contribution < 1.29 is 5.11 Å². The van der Waals surface area contributed by atoms with Gasteiger partial charge in [0, 0.05) is 28.6 Å². The maximum atomic E-state index is 9.34. The quantitative estimate of drug-likeness (QED) is 0.489. The lowest BCUT2D eigenvalue weighted by Crippen LogP contribution is -1.88. The molecule has 0 aliphatic carbocycles. The second kappa shape index (κ2) is 8.48. The van der Waals surface area contributed by atoms with E-state index in [1.807, 2.05) is 56.3 Å². The van der Waals surface area contributed by atoms with Crippen molar-refractivity contribution in [3.63, 3.8) is 0 Å². The van der Waals surface area contributed by atoms with Crippen molar-refractivity contribution >= 4 is 27.5 Å². The summed E-state index contributed by atoms with van der Waals surface area (Å²) in [6, 6.07) is 18.9. The van der Waals surface area contributed by atoms with E-state index in [2.05, 4.69) is 9.97 Å². The molecule has 3 N–H and O–H groups in total. The normalized spacial score (nSPS) is 9.58. The van der Waals surface area contributed by atoms with E-state index in [0.717, 1.165) is 21.7 Å². The van der Waals surface area contributed by atoms with Gasteiger partial charge >= 0.3 is 0 Å². The monoisotopic (exact) mass is 319 g/mol. The average molecular weight is 319 g/mol. The van der Waals surface area contributed by atoms with Crippen LogP contribution >= 0.6 is 0 Å². The van der Waals surface area contributed by atoms with Crippen LogP contribution in [0.3, 0.4) is 0 Å². The highest BCUT2D eigenvalue weighted by Gasteiger charge is 1.95. The van der Waals surface area contributed by atoms with Gasteiger partial charge in [-0.1, -0.05) is 44.2 Å². The highest BCUT2D eigenvalue weighted by atomic mass is 16.3. The molecule has 122 valence electrons. The Hall–Kier alpha value is -3.14. The number of pyridine rings is 2. The van der Waals surface area contributed by atoms with E-state index in [1.165, 1.54) is 0 Å². The zero-order valence-corrected chi connectivity index (χ0v) is 13.8. The Kier molecular flexibility index (Phi) is 6.08. The summed E-state index contributed by atoms with van der Waals surface area (Å²) in [7, 11) is 0. The van der Waals surface area contributed by atoms with Gasteiger partial charge in [0.2, 0.25) is 0 Å². The number of para-hydroxylation sites is 1. The van der Waals surface area contributed by atoms with Crippen molar-refractivity contribution in [1.29, 1.82) is 0 Å². The van der Waals surface area contributed by atoms with Crippen LogP contribution in [0.5, 0.6) is 5.75 Å². The zero-order valence-electron chi connectivity index (χ0n) is 13.8. The molecule has 0 aliphatic heterocycles. The topological polar surface area (TPSA) is 72.0 Å². The minimum atomic E-state index is 0.310. The molecule has 4 rings (SSSR count). The molecule has 4 aromatic rings. The number of aromatic nitrogens is 2. The maximum Gasteiger partial charge on any atom is 0.124 e. The molecule has 4 heteroatoms. The lowest BCUT2D eigenvalue weighted by atomic mass is 10.2. The van der Waals surface area contributed by atoms with Crippen LogP contribution in [0.1, 0.15) is 13.8 Å². The molecule has 2 heterocycles. The predicted molar refractivity (Wildman–Crippen MR) is 101 cm³/mol. The number of benzene rings is 2. The Labute approximate surface area is 141 Å². The molecular weight excluding hydrogens is 298 g/mol. The second-order valence-corrected chi connectivity index (χ2v) is 4.80. The molecule has 24 heavy (non-hydrogen) atoms. The third kappa shape index (κ3) is 4.20. The Bertz CT molecular complexity index is 911. The predicted octanol–water partition coefficient (Wildman–Crippen LogP) is 4.78. The van der Waals surface area contributed by atoms with E-state index < -0.39 is 0 Å². The molecule has 0 radical (unpaired) electrons. The molecule has 0 bridgehead atoms. The number of nitrogens with zero attached hydrogens (tertiary/aromatic N) is 2. The molecular formula is C20H21N3O. The number of phenolic OH excluding ortho intramolecular Hbond substituents is 1. The summed E-state index contributed by atoms with van der Waals surface area (Å²) < 4.78 is 0. The Morgan fingerprint density at radius 3 is 2.38 bits per heavy atom. The number of aromatic hydroxyl groups is 1. The zero-order chi connectivity index (χ0) is 17.4. The van der Waals surface area contributed by atoms with Crippen LogP contribution in [-0.2, 0) is 0 Å². The largest absolute Gasteiger partial charge is 0.507 e. The van der Waals surface area contributed by atoms with Gasteiger partial charge in [0.15, 0.2) is 0 Å². The third-order valence-electron chi connectivity index (χ3n) is 3.28. The molecule has 2 aromatic heterocycles. The minimum absolute atomic E-state index is 0.310. The Balaban J connectivity index is 0.000000158. The van der Waals surface area contributed by atoms with Gasteiger partial charge in [-0.25, -0.2) is 4.98 Å². The van der Waals surface area contributed by atoms with Crippen LogP contribution in [0.2, 0.25) is 0 Å². The van der Waals surface area contributed by atoms with Crippen LogP contribution in [0.25, 0.3) is 21.7 Å². The lowest BCUT2D eigenvalue weighted by molar-refractivity contribution is 0.481. The first-order valence-corrected chi connectivity index (χ1v) is 7.87. The van der Waals surface area contributed by atoms with Gasteiger partial charge in [-0.2, -0.15) is 0 Å². The van der Waals surface area contributed by atoms with E-state index in [4.69, 9.17) is 5.73 Å². The van der Waals surface area contributed by atoms with E-state index >= 15 is 0 Å². The molecule has 0 spiro atoms.